The van der Waals surface area contributed by atoms with Crippen LogP contribution in [0.25, 0.3) is 0 Å². The Morgan fingerprint density at radius 2 is 1.84 bits per heavy atom. The highest BCUT2D eigenvalue weighted by molar-refractivity contribution is 6.32. The van der Waals surface area contributed by atoms with Crippen molar-refractivity contribution in [2.45, 2.75) is 47.0 Å². The third kappa shape index (κ3) is 6.71. The summed E-state index contributed by atoms with van der Waals surface area (Å²) in [5, 5.41) is 16.8. The Morgan fingerprint density at radius 1 is 1.08 bits per heavy atom. The number of nitrogens with one attached hydrogen (secondary N) is 2. The van der Waals surface area contributed by atoms with Crippen LogP contribution in [0, 0.1) is 5.82 Å². The van der Waals surface area contributed by atoms with Gasteiger partial charge in [-0.3, -0.25) is 9.80 Å². The van der Waals surface area contributed by atoms with Crippen LogP contribution >= 0.6 is 11.6 Å². The van der Waals surface area contributed by atoms with E-state index >= 15 is 0 Å². The molecule has 0 amide bonds. The second-order valence-electron chi connectivity index (χ2n) is 9.43. The molecule has 10 heteroatoms. The van der Waals surface area contributed by atoms with Crippen molar-refractivity contribution in [1.82, 2.24) is 19.8 Å². The highest BCUT2D eigenvalue weighted by Gasteiger charge is 2.19. The van der Waals surface area contributed by atoms with E-state index in [2.05, 4.69) is 56.4 Å². The molecule has 3 aromatic rings. The molecule has 4 rings (SSSR count). The second-order valence-corrected chi connectivity index (χ2v) is 9.84. The summed E-state index contributed by atoms with van der Waals surface area (Å²) >= 11 is 6.40. The number of fused-ring (bicyclic) bond motifs is 1. The van der Waals surface area contributed by atoms with Crippen molar-refractivity contribution in [3.63, 3.8) is 0 Å². The van der Waals surface area contributed by atoms with E-state index in [4.69, 9.17) is 11.6 Å². The quantitative estimate of drug-likeness (QED) is 0.287. The summed E-state index contributed by atoms with van der Waals surface area (Å²) in [6.45, 7) is 13.8. The van der Waals surface area contributed by atoms with Gasteiger partial charge in [0.25, 0.3) is 0 Å². The molecule has 1 aliphatic heterocycles. The zero-order valence-corrected chi connectivity index (χ0v) is 23.3. The lowest BCUT2D eigenvalue weighted by Gasteiger charge is -2.24. The molecule has 0 fully saturated rings. The molecule has 0 aliphatic carbocycles. The standard InChI is InChI=1S/C28H37ClFN7O/c1-5-35-12-13-36(6-2)26-15-23(9-8-20(26)17-35)33-28-31-16-24(29)27(34-28)32-22-10-11-25(30)21(14-22)18-37(7-3)19(4)38/h8-11,14-16,19,38H,5-7,12-13,17-18H2,1-4H3,(H2,31,32,33,34). The number of hydrogen-bond acceptors (Lipinski definition) is 8. The van der Waals surface area contributed by atoms with Crippen LogP contribution in [-0.2, 0) is 13.1 Å². The van der Waals surface area contributed by atoms with Crippen molar-refractivity contribution in [1.29, 1.82) is 0 Å². The van der Waals surface area contributed by atoms with Gasteiger partial charge in [0.05, 0.1) is 6.20 Å². The van der Waals surface area contributed by atoms with Gasteiger partial charge in [-0.15, -0.1) is 0 Å². The number of rotatable bonds is 10. The number of likely N-dealkylation sites (N-methyl/N-ethyl adjacent to an activating group) is 2. The number of aliphatic hydroxyl groups excluding tert-OH is 1. The molecule has 1 unspecified atom stereocenters. The Kier molecular flexibility index (Phi) is 9.38. The first-order chi connectivity index (χ1) is 18.3. The number of anilines is 5. The lowest BCUT2D eigenvalue weighted by molar-refractivity contribution is 0.0160. The maximum absolute atomic E-state index is 14.5. The normalized spacial score (nSPS) is 14.8. The van der Waals surface area contributed by atoms with Gasteiger partial charge in [0.1, 0.15) is 17.1 Å². The van der Waals surface area contributed by atoms with E-state index in [9.17, 15) is 9.50 Å². The lowest BCUT2D eigenvalue weighted by Crippen LogP contribution is -2.32. The summed E-state index contributed by atoms with van der Waals surface area (Å²) in [6, 6.07) is 11.1. The first kappa shape index (κ1) is 28.0. The van der Waals surface area contributed by atoms with Gasteiger partial charge < -0.3 is 20.6 Å². The summed E-state index contributed by atoms with van der Waals surface area (Å²) in [5.41, 5.74) is 4.52. The van der Waals surface area contributed by atoms with E-state index in [-0.39, 0.29) is 12.4 Å². The Morgan fingerprint density at radius 3 is 2.55 bits per heavy atom. The topological polar surface area (TPSA) is 79.8 Å². The zero-order valence-electron chi connectivity index (χ0n) is 22.5. The van der Waals surface area contributed by atoms with Gasteiger partial charge in [0.2, 0.25) is 5.95 Å². The summed E-state index contributed by atoms with van der Waals surface area (Å²) in [4.78, 5) is 15.6. The largest absolute Gasteiger partial charge is 0.379 e. The molecule has 204 valence electrons. The van der Waals surface area contributed by atoms with E-state index in [0.29, 0.717) is 34.6 Å². The van der Waals surface area contributed by atoms with Gasteiger partial charge in [0, 0.05) is 55.3 Å². The van der Waals surface area contributed by atoms with Crippen LogP contribution in [0.2, 0.25) is 5.02 Å². The molecule has 1 aromatic heterocycles. The van der Waals surface area contributed by atoms with Crippen LogP contribution in [0.3, 0.4) is 0 Å². The zero-order chi connectivity index (χ0) is 27.2. The van der Waals surface area contributed by atoms with E-state index in [0.717, 1.165) is 38.4 Å². The van der Waals surface area contributed by atoms with E-state index < -0.39 is 6.23 Å². The fourth-order valence-corrected chi connectivity index (χ4v) is 4.79. The Labute approximate surface area is 229 Å². The number of benzene rings is 2. The number of hydrogen-bond donors (Lipinski definition) is 3. The molecule has 1 aliphatic rings. The third-order valence-corrected chi connectivity index (χ3v) is 7.23. The van der Waals surface area contributed by atoms with Crippen molar-refractivity contribution >= 4 is 40.4 Å². The summed E-state index contributed by atoms with van der Waals surface area (Å²) in [6.07, 6.45) is 0.862. The van der Waals surface area contributed by atoms with Crippen molar-refractivity contribution < 1.29 is 9.50 Å². The van der Waals surface area contributed by atoms with Gasteiger partial charge in [-0.1, -0.05) is 31.5 Å². The molecule has 1 atom stereocenters. The minimum absolute atomic E-state index is 0.281. The molecule has 0 saturated carbocycles. The molecular formula is C28H37ClFN7O. The number of nitrogens with zero attached hydrogens (tertiary/aromatic N) is 5. The molecule has 38 heavy (non-hydrogen) atoms. The van der Waals surface area contributed by atoms with Gasteiger partial charge in [-0.2, -0.15) is 4.98 Å². The maximum Gasteiger partial charge on any atom is 0.229 e. The average Bonchev–Trinajstić information content (AvgIpc) is 3.09. The summed E-state index contributed by atoms with van der Waals surface area (Å²) in [7, 11) is 0. The van der Waals surface area contributed by atoms with Gasteiger partial charge in [-0.05, 0) is 62.8 Å². The summed E-state index contributed by atoms with van der Waals surface area (Å²) < 4.78 is 14.5. The SMILES string of the molecule is CCN1CCN(CC)c2cc(Nc3ncc(Cl)c(Nc4ccc(F)c(CN(CC)C(C)O)c4)n3)ccc2C1. The van der Waals surface area contributed by atoms with Crippen molar-refractivity contribution in [2.24, 2.45) is 0 Å². The molecule has 0 spiro atoms. The van der Waals surface area contributed by atoms with E-state index in [1.165, 1.54) is 23.5 Å². The molecular weight excluding hydrogens is 505 g/mol. The Balaban J connectivity index is 1.54. The average molecular weight is 542 g/mol. The molecule has 3 N–H and O–H groups in total. The first-order valence-electron chi connectivity index (χ1n) is 13.2. The van der Waals surface area contributed by atoms with Crippen molar-refractivity contribution in [3.05, 3.63) is 64.6 Å². The van der Waals surface area contributed by atoms with Crippen molar-refractivity contribution in [3.8, 4) is 0 Å². The Hall–Kier alpha value is -2.98. The molecule has 2 heterocycles. The van der Waals surface area contributed by atoms with Crippen LogP contribution in [0.1, 0.15) is 38.8 Å². The van der Waals surface area contributed by atoms with Crippen molar-refractivity contribution in [2.75, 3.05) is 48.3 Å². The summed E-state index contributed by atoms with van der Waals surface area (Å²) in [5.74, 6) is 0.475. The number of halogens is 2. The van der Waals surface area contributed by atoms with Crippen LogP contribution < -0.4 is 15.5 Å². The van der Waals surface area contributed by atoms with Crippen LogP contribution in [0.15, 0.2) is 42.6 Å². The lowest BCUT2D eigenvalue weighted by atomic mass is 10.1. The molecule has 2 aromatic carbocycles. The third-order valence-electron chi connectivity index (χ3n) is 6.95. The molecule has 0 bridgehead atoms. The first-order valence-corrected chi connectivity index (χ1v) is 13.6. The van der Waals surface area contributed by atoms with Crippen LogP contribution in [0.4, 0.5) is 33.2 Å². The van der Waals surface area contributed by atoms with Crippen LogP contribution in [-0.4, -0.2) is 63.8 Å². The molecule has 0 radical (unpaired) electrons. The van der Waals surface area contributed by atoms with Gasteiger partial charge in [-0.25, -0.2) is 9.37 Å². The van der Waals surface area contributed by atoms with E-state index in [1.807, 2.05) is 13.0 Å². The number of aliphatic hydroxyl groups is 1. The predicted molar refractivity (Wildman–Crippen MR) is 153 cm³/mol. The smallest absolute Gasteiger partial charge is 0.229 e. The maximum atomic E-state index is 14.5. The predicted octanol–water partition coefficient (Wildman–Crippen LogP) is 5.58. The number of aromatic nitrogens is 2. The highest BCUT2D eigenvalue weighted by Crippen LogP contribution is 2.31. The monoisotopic (exact) mass is 541 g/mol. The van der Waals surface area contributed by atoms with Crippen LogP contribution in [0.5, 0.6) is 0 Å². The van der Waals surface area contributed by atoms with Gasteiger partial charge in [0.15, 0.2) is 5.82 Å². The molecule has 8 nitrogen and oxygen atoms in total. The van der Waals surface area contributed by atoms with Gasteiger partial charge >= 0.3 is 0 Å². The second kappa shape index (κ2) is 12.7. The fraction of sp³-hybridized carbons (Fsp3) is 0.429. The minimum Gasteiger partial charge on any atom is -0.379 e. The highest BCUT2D eigenvalue weighted by atomic mass is 35.5. The minimum atomic E-state index is -0.677. The van der Waals surface area contributed by atoms with E-state index in [1.54, 1.807) is 24.0 Å². The fourth-order valence-electron chi connectivity index (χ4n) is 4.65. The Bertz CT molecular complexity index is 1240. The molecule has 0 saturated heterocycles.